The third-order valence-electron chi connectivity index (χ3n) is 1.92. The van der Waals surface area contributed by atoms with Crippen molar-refractivity contribution in [3.63, 3.8) is 0 Å². The molecule has 1 rings (SSSR count). The molecule has 0 aromatic heterocycles. The van der Waals surface area contributed by atoms with Crippen LogP contribution in [0.1, 0.15) is 24.5 Å². The molecule has 0 atom stereocenters. The molecule has 1 aromatic rings. The van der Waals surface area contributed by atoms with E-state index in [2.05, 4.69) is 38.1 Å². The molecule has 1 aromatic carbocycles. The van der Waals surface area contributed by atoms with Gasteiger partial charge in [-0.2, -0.15) is 0 Å². The molecule has 0 saturated heterocycles. The van der Waals surface area contributed by atoms with Crippen molar-refractivity contribution < 1.29 is 0 Å². The van der Waals surface area contributed by atoms with E-state index in [1.54, 1.807) is 11.8 Å². The van der Waals surface area contributed by atoms with E-state index in [4.69, 9.17) is 5.73 Å². The fourth-order valence-corrected chi connectivity index (χ4v) is 1.75. The molecule has 76 valence electrons. The lowest BCUT2D eigenvalue weighted by molar-refractivity contribution is 1.11. The van der Waals surface area contributed by atoms with Crippen molar-refractivity contribution in [2.75, 3.05) is 5.75 Å². The summed E-state index contributed by atoms with van der Waals surface area (Å²) in [7, 11) is 0. The van der Waals surface area contributed by atoms with Crippen molar-refractivity contribution in [2.24, 2.45) is 5.73 Å². The number of rotatable bonds is 4. The van der Waals surface area contributed by atoms with Crippen LogP contribution in [0.3, 0.4) is 0 Å². The van der Waals surface area contributed by atoms with Gasteiger partial charge in [0.2, 0.25) is 0 Å². The van der Waals surface area contributed by atoms with Crippen LogP contribution in [-0.4, -0.2) is 5.75 Å². The van der Waals surface area contributed by atoms with Gasteiger partial charge in [-0.3, -0.25) is 0 Å². The Labute approximate surface area is 90.4 Å². The van der Waals surface area contributed by atoms with Crippen LogP contribution in [0.15, 0.2) is 29.7 Å². The maximum atomic E-state index is 5.93. The van der Waals surface area contributed by atoms with Gasteiger partial charge in [0.15, 0.2) is 0 Å². The highest BCUT2D eigenvalue weighted by Crippen LogP contribution is 2.15. The molecule has 0 bridgehead atoms. The normalized spacial score (nSPS) is 11.7. The minimum absolute atomic E-state index is 0.864. The molecule has 0 spiro atoms. The van der Waals surface area contributed by atoms with Gasteiger partial charge in [-0.25, -0.2) is 0 Å². The number of benzene rings is 1. The van der Waals surface area contributed by atoms with Gasteiger partial charge in [0.05, 0.1) is 0 Å². The first-order valence-electron chi connectivity index (χ1n) is 4.88. The Balaban J connectivity index is 2.64. The molecule has 2 heteroatoms. The second-order valence-electron chi connectivity index (χ2n) is 3.31. The van der Waals surface area contributed by atoms with Crippen LogP contribution in [0, 0.1) is 6.92 Å². The highest BCUT2D eigenvalue weighted by atomic mass is 32.2. The lowest BCUT2D eigenvalue weighted by atomic mass is 10.1. The molecule has 1 nitrogen and oxygen atoms in total. The first kappa shape index (κ1) is 11.2. The zero-order valence-electron chi connectivity index (χ0n) is 8.79. The standard InChI is InChI=1S/C12H17NS/c1-3-8-14-9-12(13)11-6-4-10(2)5-7-11/h4-7,9H,3,8,13H2,1-2H3/b12-9-. The number of aryl methyl sites for hydroxylation is 1. The third kappa shape index (κ3) is 3.46. The number of hydrogen-bond acceptors (Lipinski definition) is 2. The van der Waals surface area contributed by atoms with Crippen LogP contribution in [0.25, 0.3) is 5.70 Å². The molecule has 14 heavy (non-hydrogen) atoms. The summed E-state index contributed by atoms with van der Waals surface area (Å²) in [4.78, 5) is 0. The highest BCUT2D eigenvalue weighted by Gasteiger charge is 1.94. The molecule has 2 N–H and O–H groups in total. The summed E-state index contributed by atoms with van der Waals surface area (Å²) < 4.78 is 0. The SMILES string of the molecule is CCCS/C=C(\N)c1ccc(C)cc1. The predicted molar refractivity (Wildman–Crippen MR) is 66.1 cm³/mol. The maximum Gasteiger partial charge on any atom is 0.0451 e. The van der Waals surface area contributed by atoms with Gasteiger partial charge in [-0.05, 0) is 30.1 Å². The number of hydrogen-bond donors (Lipinski definition) is 1. The third-order valence-corrected chi connectivity index (χ3v) is 2.98. The number of thioether (sulfide) groups is 1. The Kier molecular flexibility index (Phi) is 4.60. The average Bonchev–Trinajstić information content (AvgIpc) is 2.19. The molecule has 0 radical (unpaired) electrons. The molecule has 0 unspecified atom stereocenters. The second-order valence-corrected chi connectivity index (χ2v) is 4.29. The van der Waals surface area contributed by atoms with Crippen LogP contribution in [-0.2, 0) is 0 Å². The van der Waals surface area contributed by atoms with Crippen LogP contribution in [0.2, 0.25) is 0 Å². The van der Waals surface area contributed by atoms with Gasteiger partial charge >= 0.3 is 0 Å². The van der Waals surface area contributed by atoms with Crippen molar-refractivity contribution in [3.8, 4) is 0 Å². The van der Waals surface area contributed by atoms with Crippen molar-refractivity contribution in [1.82, 2.24) is 0 Å². The summed E-state index contributed by atoms with van der Waals surface area (Å²) in [5.74, 6) is 1.13. The average molecular weight is 207 g/mol. The minimum atomic E-state index is 0.864. The van der Waals surface area contributed by atoms with Gasteiger partial charge in [0.25, 0.3) is 0 Å². The van der Waals surface area contributed by atoms with E-state index in [0.717, 1.165) is 17.0 Å². The lowest BCUT2D eigenvalue weighted by Crippen LogP contribution is -1.95. The summed E-state index contributed by atoms with van der Waals surface area (Å²) >= 11 is 1.77. The first-order valence-corrected chi connectivity index (χ1v) is 5.93. The zero-order valence-corrected chi connectivity index (χ0v) is 9.60. The van der Waals surface area contributed by atoms with E-state index in [1.807, 2.05) is 5.41 Å². The van der Waals surface area contributed by atoms with E-state index in [-0.39, 0.29) is 0 Å². The van der Waals surface area contributed by atoms with E-state index in [1.165, 1.54) is 12.0 Å². The zero-order chi connectivity index (χ0) is 10.4. The van der Waals surface area contributed by atoms with Gasteiger partial charge in [-0.15, -0.1) is 11.8 Å². The fraction of sp³-hybridized carbons (Fsp3) is 0.333. The van der Waals surface area contributed by atoms with E-state index < -0.39 is 0 Å². The maximum absolute atomic E-state index is 5.93. The van der Waals surface area contributed by atoms with Gasteiger partial charge < -0.3 is 5.73 Å². The quantitative estimate of drug-likeness (QED) is 0.766. The first-order chi connectivity index (χ1) is 6.74. The molecule has 0 fully saturated rings. The van der Waals surface area contributed by atoms with Crippen LogP contribution in [0.4, 0.5) is 0 Å². The van der Waals surface area contributed by atoms with Crippen molar-refractivity contribution in [3.05, 3.63) is 40.8 Å². The molecular weight excluding hydrogens is 190 g/mol. The summed E-state index contributed by atoms with van der Waals surface area (Å²) in [6, 6.07) is 8.29. The van der Waals surface area contributed by atoms with E-state index in [9.17, 15) is 0 Å². The fourth-order valence-electron chi connectivity index (χ4n) is 1.08. The van der Waals surface area contributed by atoms with E-state index >= 15 is 0 Å². The Morgan fingerprint density at radius 1 is 1.36 bits per heavy atom. The van der Waals surface area contributed by atoms with Crippen LogP contribution in [0.5, 0.6) is 0 Å². The Morgan fingerprint density at radius 3 is 2.57 bits per heavy atom. The monoisotopic (exact) mass is 207 g/mol. The Morgan fingerprint density at radius 2 is 2.00 bits per heavy atom. The molecule has 0 aliphatic carbocycles. The van der Waals surface area contributed by atoms with Gasteiger partial charge in [-0.1, -0.05) is 36.8 Å². The number of nitrogens with two attached hydrogens (primary N) is 1. The van der Waals surface area contributed by atoms with Crippen LogP contribution < -0.4 is 5.73 Å². The van der Waals surface area contributed by atoms with E-state index in [0.29, 0.717) is 0 Å². The van der Waals surface area contributed by atoms with Gasteiger partial charge in [0, 0.05) is 5.70 Å². The summed E-state index contributed by atoms with van der Waals surface area (Å²) in [6.07, 6.45) is 1.18. The topological polar surface area (TPSA) is 26.0 Å². The van der Waals surface area contributed by atoms with Crippen molar-refractivity contribution >= 4 is 17.5 Å². The Bertz CT molecular complexity index is 301. The smallest absolute Gasteiger partial charge is 0.0451 e. The minimum Gasteiger partial charge on any atom is -0.398 e. The summed E-state index contributed by atoms with van der Waals surface area (Å²) in [5, 5.41) is 2.04. The molecule has 0 saturated carbocycles. The highest BCUT2D eigenvalue weighted by molar-refractivity contribution is 8.02. The molecule has 0 heterocycles. The molecule has 0 aliphatic heterocycles. The molecule has 0 aliphatic rings. The second kappa shape index (κ2) is 5.76. The lowest BCUT2D eigenvalue weighted by Gasteiger charge is -2.01. The van der Waals surface area contributed by atoms with Gasteiger partial charge in [0.1, 0.15) is 0 Å². The predicted octanol–water partition coefficient (Wildman–Crippen LogP) is 3.40. The van der Waals surface area contributed by atoms with Crippen molar-refractivity contribution in [1.29, 1.82) is 0 Å². The molecule has 0 amide bonds. The summed E-state index contributed by atoms with van der Waals surface area (Å²) in [5.41, 5.74) is 9.17. The largest absolute Gasteiger partial charge is 0.398 e. The summed E-state index contributed by atoms with van der Waals surface area (Å²) in [6.45, 7) is 4.25. The molecular formula is C12H17NS. The Hall–Kier alpha value is -0.890. The van der Waals surface area contributed by atoms with Crippen molar-refractivity contribution in [2.45, 2.75) is 20.3 Å². The van der Waals surface area contributed by atoms with Crippen LogP contribution >= 0.6 is 11.8 Å².